The number of halogens is 1. The molecule has 0 aliphatic rings. The number of hydrogen-bond acceptors (Lipinski definition) is 2. The predicted octanol–water partition coefficient (Wildman–Crippen LogP) is 3.39. The number of rotatable bonds is 2. The van der Waals surface area contributed by atoms with Crippen molar-refractivity contribution in [1.82, 2.24) is 0 Å². The lowest BCUT2D eigenvalue weighted by molar-refractivity contribution is 0.0999. The molecule has 0 fully saturated rings. The number of phenols is 1. The van der Waals surface area contributed by atoms with Crippen LogP contribution in [0.25, 0.3) is 0 Å². The van der Waals surface area contributed by atoms with Crippen LogP contribution in [0.2, 0.25) is 5.02 Å². The number of benzene rings is 2. The maximum absolute atomic E-state index is 10.8. The largest absolute Gasteiger partial charge is 0.508 e. The van der Waals surface area contributed by atoms with Crippen LogP contribution in [0, 0.1) is 0 Å². The molecule has 4 heteroatoms. The summed E-state index contributed by atoms with van der Waals surface area (Å²) in [5, 5.41) is 9.89. The number of hydrogen-bond donors (Lipinski definition) is 2. The van der Waals surface area contributed by atoms with Crippen LogP contribution in [0.1, 0.15) is 22.8 Å². The number of nitrogens with two attached hydrogens (primary N) is 1. The van der Waals surface area contributed by atoms with E-state index in [0.29, 0.717) is 12.0 Å². The summed E-state index contributed by atoms with van der Waals surface area (Å²) in [5.74, 6) is -0.288. The van der Waals surface area contributed by atoms with E-state index in [1.807, 2.05) is 37.3 Å². The summed E-state index contributed by atoms with van der Waals surface area (Å²) >= 11 is 5.54. The summed E-state index contributed by atoms with van der Waals surface area (Å²) in [6.07, 6.45) is 0.687. The van der Waals surface area contributed by atoms with Gasteiger partial charge in [0.15, 0.2) is 0 Å². The van der Waals surface area contributed by atoms with Gasteiger partial charge in [0.05, 0.1) is 0 Å². The van der Waals surface area contributed by atoms with Gasteiger partial charge in [0, 0.05) is 10.6 Å². The SMILES string of the molecule is CCc1cc(O)ccc1C(N)=O.Clc1ccccc1. The number of carbonyl (C=O) groups excluding carboxylic acids is 1. The normalized spacial score (nSPS) is 9.37. The Balaban J connectivity index is 0.000000218. The zero-order valence-corrected chi connectivity index (χ0v) is 11.4. The second kappa shape index (κ2) is 7.44. The second-order valence-electron chi connectivity index (χ2n) is 3.85. The number of aryl methyl sites for hydroxylation is 1. The highest BCUT2D eigenvalue weighted by molar-refractivity contribution is 6.30. The summed E-state index contributed by atoms with van der Waals surface area (Å²) in [7, 11) is 0. The van der Waals surface area contributed by atoms with Gasteiger partial charge in [-0.15, -0.1) is 0 Å². The van der Waals surface area contributed by atoms with Crippen molar-refractivity contribution in [2.24, 2.45) is 5.73 Å². The van der Waals surface area contributed by atoms with Crippen LogP contribution in [0.3, 0.4) is 0 Å². The van der Waals surface area contributed by atoms with Crippen molar-refractivity contribution in [1.29, 1.82) is 0 Å². The fourth-order valence-electron chi connectivity index (χ4n) is 1.53. The minimum Gasteiger partial charge on any atom is -0.508 e. The fourth-order valence-corrected chi connectivity index (χ4v) is 1.67. The van der Waals surface area contributed by atoms with E-state index in [1.165, 1.54) is 12.1 Å². The third-order valence-electron chi connectivity index (χ3n) is 2.47. The Kier molecular flexibility index (Phi) is 5.90. The Morgan fingerprint density at radius 1 is 1.21 bits per heavy atom. The van der Waals surface area contributed by atoms with Gasteiger partial charge in [0.25, 0.3) is 0 Å². The van der Waals surface area contributed by atoms with Gasteiger partial charge in [-0.1, -0.05) is 36.7 Å². The quantitative estimate of drug-likeness (QED) is 0.884. The zero-order chi connectivity index (χ0) is 14.3. The van der Waals surface area contributed by atoms with Gasteiger partial charge in [-0.3, -0.25) is 4.79 Å². The van der Waals surface area contributed by atoms with E-state index >= 15 is 0 Å². The molecule has 0 radical (unpaired) electrons. The van der Waals surface area contributed by atoms with Crippen LogP contribution in [-0.2, 0) is 6.42 Å². The van der Waals surface area contributed by atoms with E-state index < -0.39 is 5.91 Å². The molecule has 0 saturated heterocycles. The molecule has 3 nitrogen and oxygen atoms in total. The molecular formula is C15H16ClNO2. The Labute approximate surface area is 117 Å². The highest BCUT2D eigenvalue weighted by Crippen LogP contribution is 2.16. The van der Waals surface area contributed by atoms with Gasteiger partial charge in [-0.2, -0.15) is 0 Å². The number of amides is 1. The molecule has 100 valence electrons. The molecule has 0 aromatic heterocycles. The molecule has 0 atom stereocenters. The standard InChI is InChI=1S/C9H11NO2.C6H5Cl/c1-2-6-5-7(11)3-4-8(6)9(10)12;7-6-4-2-1-3-5-6/h3-5,11H,2H2,1H3,(H2,10,12);1-5H. The van der Waals surface area contributed by atoms with Crippen LogP contribution in [0.15, 0.2) is 48.5 Å². The van der Waals surface area contributed by atoms with Crippen molar-refractivity contribution in [3.63, 3.8) is 0 Å². The van der Waals surface area contributed by atoms with Crippen molar-refractivity contribution < 1.29 is 9.90 Å². The van der Waals surface area contributed by atoms with Gasteiger partial charge >= 0.3 is 0 Å². The van der Waals surface area contributed by atoms with Crippen molar-refractivity contribution in [3.8, 4) is 5.75 Å². The lowest BCUT2D eigenvalue weighted by Crippen LogP contribution is -2.13. The molecule has 2 rings (SSSR count). The summed E-state index contributed by atoms with van der Waals surface area (Å²) in [5.41, 5.74) is 6.38. The molecule has 1 amide bonds. The fraction of sp³-hybridized carbons (Fsp3) is 0.133. The van der Waals surface area contributed by atoms with Gasteiger partial charge in [0.1, 0.15) is 5.75 Å². The van der Waals surface area contributed by atoms with E-state index in [0.717, 1.165) is 10.6 Å². The summed E-state index contributed by atoms with van der Waals surface area (Å²) in [6.45, 7) is 1.90. The molecule has 2 aromatic carbocycles. The number of carbonyl (C=O) groups is 1. The molecule has 0 aliphatic carbocycles. The molecule has 2 aromatic rings. The second-order valence-corrected chi connectivity index (χ2v) is 4.29. The van der Waals surface area contributed by atoms with Crippen LogP contribution in [0.4, 0.5) is 0 Å². The molecule has 3 N–H and O–H groups in total. The molecular weight excluding hydrogens is 262 g/mol. The molecule has 0 bridgehead atoms. The van der Waals surface area contributed by atoms with Gasteiger partial charge < -0.3 is 10.8 Å². The smallest absolute Gasteiger partial charge is 0.248 e. The topological polar surface area (TPSA) is 63.3 Å². The lowest BCUT2D eigenvalue weighted by atomic mass is 10.0. The Morgan fingerprint density at radius 3 is 2.26 bits per heavy atom. The minimum absolute atomic E-state index is 0.164. The highest BCUT2D eigenvalue weighted by Gasteiger charge is 2.06. The Hall–Kier alpha value is -2.00. The monoisotopic (exact) mass is 277 g/mol. The molecule has 0 aliphatic heterocycles. The van der Waals surface area contributed by atoms with E-state index in [1.54, 1.807) is 6.07 Å². The van der Waals surface area contributed by atoms with E-state index in [4.69, 9.17) is 22.4 Å². The van der Waals surface area contributed by atoms with E-state index in [-0.39, 0.29) is 5.75 Å². The number of primary amides is 1. The molecule has 0 unspecified atom stereocenters. The molecule has 0 saturated carbocycles. The maximum atomic E-state index is 10.8. The minimum atomic E-state index is -0.452. The van der Waals surface area contributed by atoms with Crippen LogP contribution in [-0.4, -0.2) is 11.0 Å². The van der Waals surface area contributed by atoms with Gasteiger partial charge in [-0.05, 0) is 42.3 Å². The number of phenolic OH excluding ortho intramolecular Hbond substituents is 1. The average Bonchev–Trinajstić information content (AvgIpc) is 2.39. The van der Waals surface area contributed by atoms with E-state index in [2.05, 4.69) is 0 Å². The Bertz CT molecular complexity index is 541. The van der Waals surface area contributed by atoms with Crippen LogP contribution >= 0.6 is 11.6 Å². The first kappa shape index (κ1) is 15.1. The molecule has 0 spiro atoms. The predicted molar refractivity (Wildman–Crippen MR) is 77.5 cm³/mol. The first-order valence-corrected chi connectivity index (χ1v) is 6.24. The lowest BCUT2D eigenvalue weighted by Gasteiger charge is -2.03. The highest BCUT2D eigenvalue weighted by atomic mass is 35.5. The zero-order valence-electron chi connectivity index (χ0n) is 10.6. The average molecular weight is 278 g/mol. The first-order valence-electron chi connectivity index (χ1n) is 5.86. The van der Waals surface area contributed by atoms with Crippen LogP contribution in [0.5, 0.6) is 5.75 Å². The van der Waals surface area contributed by atoms with Crippen molar-refractivity contribution in [2.75, 3.05) is 0 Å². The van der Waals surface area contributed by atoms with Crippen molar-refractivity contribution >= 4 is 17.5 Å². The van der Waals surface area contributed by atoms with Crippen LogP contribution < -0.4 is 5.73 Å². The first-order chi connectivity index (χ1) is 9.04. The summed E-state index contributed by atoms with van der Waals surface area (Å²) in [6, 6.07) is 14.0. The van der Waals surface area contributed by atoms with Gasteiger partial charge in [0.2, 0.25) is 5.91 Å². The van der Waals surface area contributed by atoms with Gasteiger partial charge in [-0.25, -0.2) is 0 Å². The third kappa shape index (κ3) is 5.02. The van der Waals surface area contributed by atoms with Crippen molar-refractivity contribution in [3.05, 3.63) is 64.7 Å². The third-order valence-corrected chi connectivity index (χ3v) is 2.72. The number of aromatic hydroxyl groups is 1. The Morgan fingerprint density at radius 2 is 1.84 bits per heavy atom. The summed E-state index contributed by atoms with van der Waals surface area (Å²) in [4.78, 5) is 10.8. The van der Waals surface area contributed by atoms with E-state index in [9.17, 15) is 4.79 Å². The summed E-state index contributed by atoms with van der Waals surface area (Å²) < 4.78 is 0. The maximum Gasteiger partial charge on any atom is 0.248 e. The molecule has 19 heavy (non-hydrogen) atoms. The molecule has 0 heterocycles. The van der Waals surface area contributed by atoms with Crippen molar-refractivity contribution in [2.45, 2.75) is 13.3 Å².